The van der Waals surface area contributed by atoms with Crippen LogP contribution in [0, 0.1) is 6.92 Å². The van der Waals surface area contributed by atoms with Crippen LogP contribution in [0.4, 0.5) is 0 Å². The van der Waals surface area contributed by atoms with Gasteiger partial charge in [-0.3, -0.25) is 19.7 Å². The van der Waals surface area contributed by atoms with E-state index in [1.807, 2.05) is 49.6 Å². The molecule has 1 saturated heterocycles. The minimum Gasteiger partial charge on any atom is -0.490 e. The molecule has 10 nitrogen and oxygen atoms in total. The molecule has 2 aliphatic heterocycles. The van der Waals surface area contributed by atoms with Gasteiger partial charge in [0.15, 0.2) is 12.2 Å². The number of aliphatic hydroxyl groups excluding tert-OH is 1. The van der Waals surface area contributed by atoms with E-state index in [-0.39, 0.29) is 24.6 Å². The summed E-state index contributed by atoms with van der Waals surface area (Å²) in [6.45, 7) is 5.16. The van der Waals surface area contributed by atoms with Gasteiger partial charge in [0, 0.05) is 50.4 Å². The Morgan fingerprint density at radius 3 is 2.61 bits per heavy atom. The molecule has 1 amide bonds. The van der Waals surface area contributed by atoms with Crippen molar-refractivity contribution in [1.29, 1.82) is 0 Å². The number of benzene rings is 2. The molecule has 4 aromatic rings. The molecule has 0 radical (unpaired) electrons. The van der Waals surface area contributed by atoms with Gasteiger partial charge in [-0.05, 0) is 91.4 Å². The largest absolute Gasteiger partial charge is 0.490 e. The van der Waals surface area contributed by atoms with E-state index in [1.165, 1.54) is 12.0 Å². The van der Waals surface area contributed by atoms with E-state index in [2.05, 4.69) is 37.3 Å². The Labute approximate surface area is 256 Å². The number of piperidine rings is 1. The topological polar surface area (TPSA) is 122 Å². The number of pyridine rings is 1. The Bertz CT molecular complexity index is 1560. The number of likely N-dealkylation sites (tertiary alicyclic amines) is 1. The van der Waals surface area contributed by atoms with Crippen molar-refractivity contribution in [1.82, 2.24) is 20.2 Å². The molecule has 0 saturated carbocycles. The summed E-state index contributed by atoms with van der Waals surface area (Å²) in [5, 5.41) is 13.6. The van der Waals surface area contributed by atoms with Crippen molar-refractivity contribution >= 4 is 12.1 Å². The summed E-state index contributed by atoms with van der Waals surface area (Å²) >= 11 is 0. The highest BCUT2D eigenvalue weighted by Gasteiger charge is 2.24. The Morgan fingerprint density at radius 1 is 1.09 bits per heavy atom. The second-order valence-electron chi connectivity index (χ2n) is 11.3. The van der Waals surface area contributed by atoms with Crippen molar-refractivity contribution in [3.63, 3.8) is 0 Å². The monoisotopic (exact) mass is 595 g/mol. The quantitative estimate of drug-likeness (QED) is 0.265. The molecule has 4 heterocycles. The maximum Gasteiger partial charge on any atom is 0.251 e. The number of oxazole rings is 1. The minimum atomic E-state index is -0.819. The summed E-state index contributed by atoms with van der Waals surface area (Å²) < 4.78 is 17.4. The van der Waals surface area contributed by atoms with Crippen molar-refractivity contribution in [3.8, 4) is 11.5 Å². The number of nitrogens with one attached hydrogen (secondary N) is 1. The van der Waals surface area contributed by atoms with Crippen LogP contribution in [0.15, 0.2) is 82.8 Å². The first-order valence-corrected chi connectivity index (χ1v) is 15.0. The molecular weight excluding hydrogens is 558 g/mol. The number of rotatable bonds is 11. The smallest absolute Gasteiger partial charge is 0.251 e. The normalized spacial score (nSPS) is 17.5. The van der Waals surface area contributed by atoms with Gasteiger partial charge in [-0.1, -0.05) is 6.07 Å². The van der Waals surface area contributed by atoms with Gasteiger partial charge in [0.25, 0.3) is 5.91 Å². The molecular formula is C34H37N5O5. The maximum atomic E-state index is 12.8. The summed E-state index contributed by atoms with van der Waals surface area (Å²) in [5.74, 6) is 1.90. The van der Waals surface area contributed by atoms with Gasteiger partial charge < -0.3 is 24.3 Å². The fourth-order valence-electron chi connectivity index (χ4n) is 5.52. The van der Waals surface area contributed by atoms with Gasteiger partial charge in [-0.25, -0.2) is 4.98 Å². The molecule has 0 bridgehead atoms. The van der Waals surface area contributed by atoms with Crippen LogP contribution in [0.2, 0.25) is 0 Å². The average molecular weight is 596 g/mol. The average Bonchev–Trinajstić information content (AvgIpc) is 3.48. The van der Waals surface area contributed by atoms with Crippen molar-refractivity contribution in [2.75, 3.05) is 19.6 Å². The molecule has 44 heavy (non-hydrogen) atoms. The summed E-state index contributed by atoms with van der Waals surface area (Å²) in [6.07, 6.45) is 8.64. The van der Waals surface area contributed by atoms with E-state index < -0.39 is 6.10 Å². The zero-order chi connectivity index (χ0) is 30.3. The summed E-state index contributed by atoms with van der Waals surface area (Å²) in [5.41, 5.74) is 4.60. The number of aromatic nitrogens is 2. The number of carbonyl (C=O) groups is 1. The van der Waals surface area contributed by atoms with Crippen LogP contribution in [-0.2, 0) is 19.6 Å². The lowest BCUT2D eigenvalue weighted by molar-refractivity contribution is 0.0896. The third kappa shape index (κ3) is 7.50. The predicted molar refractivity (Wildman–Crippen MR) is 165 cm³/mol. The zero-order valence-corrected chi connectivity index (χ0v) is 24.8. The molecule has 1 unspecified atom stereocenters. The standard InChI is InChI=1S/C34H37N5O5/c1-23-33(43-22-38-23)21-42-30-7-4-26-17-31(36-18-27(26)16-30)32(40)19-37-34(41)25-2-5-28(6-3-25)44-29-10-14-39(15-11-29)20-24-8-12-35-13-9-24/h2-9,12-13,16,18,22,29,31-32,40H,10-11,14-15,17,19-21H2,1H3,(H,37,41)/t31?,32-/m1/s1. The second-order valence-corrected chi connectivity index (χ2v) is 11.3. The van der Waals surface area contributed by atoms with E-state index >= 15 is 0 Å². The SMILES string of the molecule is Cc1ncoc1COc1ccc2c(c1)C=NC([C@H](O)CNC(=O)c1ccc(OC3CCN(Cc4ccncc4)CC3)cc1)C2. The number of amides is 1. The number of aryl methyl sites for hydroxylation is 1. The summed E-state index contributed by atoms with van der Waals surface area (Å²) in [7, 11) is 0. The molecule has 2 aliphatic rings. The van der Waals surface area contributed by atoms with E-state index in [1.54, 1.807) is 18.3 Å². The molecule has 10 heteroatoms. The molecule has 2 atom stereocenters. The molecule has 0 aliphatic carbocycles. The number of aliphatic hydroxyl groups is 1. The van der Waals surface area contributed by atoms with Crippen molar-refractivity contribution in [2.45, 2.75) is 57.6 Å². The van der Waals surface area contributed by atoms with Crippen LogP contribution in [0.5, 0.6) is 11.5 Å². The highest BCUT2D eigenvalue weighted by molar-refractivity contribution is 5.94. The molecule has 2 N–H and O–H groups in total. The van der Waals surface area contributed by atoms with Gasteiger partial charge in [-0.2, -0.15) is 0 Å². The van der Waals surface area contributed by atoms with Crippen LogP contribution in [0.1, 0.15) is 51.3 Å². The van der Waals surface area contributed by atoms with Crippen molar-refractivity contribution in [2.24, 2.45) is 4.99 Å². The van der Waals surface area contributed by atoms with Crippen molar-refractivity contribution in [3.05, 3.63) is 107 Å². The number of hydrogen-bond donors (Lipinski definition) is 2. The van der Waals surface area contributed by atoms with E-state index in [0.717, 1.165) is 55.0 Å². The van der Waals surface area contributed by atoms with Gasteiger partial charge >= 0.3 is 0 Å². The Morgan fingerprint density at radius 2 is 1.86 bits per heavy atom. The Hall–Kier alpha value is -4.54. The van der Waals surface area contributed by atoms with Crippen LogP contribution < -0.4 is 14.8 Å². The Balaban J connectivity index is 0.930. The summed E-state index contributed by atoms with van der Waals surface area (Å²) in [4.78, 5) is 27.9. The fraction of sp³-hybridized carbons (Fsp3) is 0.353. The van der Waals surface area contributed by atoms with Crippen LogP contribution in [-0.4, -0.2) is 70.0 Å². The minimum absolute atomic E-state index is 0.101. The molecule has 0 spiro atoms. The predicted octanol–water partition coefficient (Wildman–Crippen LogP) is 4.13. The molecule has 2 aromatic carbocycles. The Kier molecular flexibility index (Phi) is 9.28. The summed E-state index contributed by atoms with van der Waals surface area (Å²) in [6, 6.07) is 16.8. The third-order valence-electron chi connectivity index (χ3n) is 8.19. The lowest BCUT2D eigenvalue weighted by Crippen LogP contribution is -2.40. The van der Waals surface area contributed by atoms with Crippen LogP contribution >= 0.6 is 0 Å². The first-order chi connectivity index (χ1) is 21.5. The highest BCUT2D eigenvalue weighted by atomic mass is 16.5. The number of ether oxygens (including phenoxy) is 2. The van der Waals surface area contributed by atoms with Gasteiger partial charge in [-0.15, -0.1) is 0 Å². The van der Waals surface area contributed by atoms with E-state index in [9.17, 15) is 9.90 Å². The van der Waals surface area contributed by atoms with Crippen molar-refractivity contribution < 1.29 is 23.8 Å². The van der Waals surface area contributed by atoms with Crippen LogP contribution in [0.25, 0.3) is 0 Å². The number of fused-ring (bicyclic) bond motifs is 1. The van der Waals surface area contributed by atoms with Gasteiger partial charge in [0.1, 0.15) is 24.2 Å². The number of hydrogen-bond acceptors (Lipinski definition) is 9. The molecule has 2 aromatic heterocycles. The molecule has 228 valence electrons. The fourth-order valence-corrected chi connectivity index (χ4v) is 5.52. The molecule has 1 fully saturated rings. The van der Waals surface area contributed by atoms with Gasteiger partial charge in [0.05, 0.1) is 17.8 Å². The maximum absolute atomic E-state index is 12.8. The van der Waals surface area contributed by atoms with Crippen LogP contribution in [0.3, 0.4) is 0 Å². The lowest BCUT2D eigenvalue weighted by Gasteiger charge is -2.32. The lowest BCUT2D eigenvalue weighted by atomic mass is 9.94. The first-order valence-electron chi connectivity index (χ1n) is 15.0. The molecule has 6 rings (SSSR count). The highest BCUT2D eigenvalue weighted by Crippen LogP contribution is 2.24. The second kappa shape index (κ2) is 13.8. The number of nitrogens with zero attached hydrogens (tertiary/aromatic N) is 4. The number of aliphatic imine (C=N–C) groups is 1. The third-order valence-corrected chi connectivity index (χ3v) is 8.19. The number of carbonyl (C=O) groups excluding carboxylic acids is 1. The first kappa shape index (κ1) is 29.5. The van der Waals surface area contributed by atoms with E-state index in [0.29, 0.717) is 30.1 Å². The zero-order valence-electron chi connectivity index (χ0n) is 24.8. The van der Waals surface area contributed by atoms with E-state index in [4.69, 9.17) is 13.9 Å². The van der Waals surface area contributed by atoms with Gasteiger partial charge in [0.2, 0.25) is 0 Å².